The number of aryl methyl sites for hydroxylation is 1. The number of aromatic nitrogens is 4. The van der Waals surface area contributed by atoms with E-state index in [0.717, 1.165) is 38.9 Å². The third-order valence-electron chi connectivity index (χ3n) is 9.59. The highest BCUT2D eigenvalue weighted by Crippen LogP contribution is 2.43. The van der Waals surface area contributed by atoms with E-state index in [-0.39, 0.29) is 50.2 Å². The highest BCUT2D eigenvalue weighted by Gasteiger charge is 2.40. The Labute approximate surface area is 316 Å². The average molecular weight is 749 g/mol. The molecule has 0 spiro atoms. The monoisotopic (exact) mass is 748 g/mol. The van der Waals surface area contributed by atoms with Gasteiger partial charge in [-0.05, 0) is 55.9 Å². The van der Waals surface area contributed by atoms with Crippen LogP contribution in [0.1, 0.15) is 53.6 Å². The molecule has 4 aromatic carbocycles. The quantitative estimate of drug-likeness (QED) is 0.123. The molecule has 0 aliphatic carbocycles. The van der Waals surface area contributed by atoms with E-state index in [9.17, 15) is 19.5 Å². The molecule has 0 radical (unpaired) electrons. The van der Waals surface area contributed by atoms with E-state index in [2.05, 4.69) is 27.8 Å². The normalized spacial score (nSPS) is 21.3. The molecule has 2 N–H and O–H groups in total. The van der Waals surface area contributed by atoms with Crippen LogP contribution in [0.15, 0.2) is 108 Å². The van der Waals surface area contributed by atoms with Gasteiger partial charge in [0.15, 0.2) is 6.29 Å². The first-order valence-electron chi connectivity index (χ1n) is 17.6. The van der Waals surface area contributed by atoms with Gasteiger partial charge in [0.05, 0.1) is 31.8 Å². The molecule has 2 aliphatic heterocycles. The summed E-state index contributed by atoms with van der Waals surface area (Å²) >= 11 is 1.52. The predicted molar refractivity (Wildman–Crippen MR) is 198 cm³/mol. The van der Waals surface area contributed by atoms with Crippen molar-refractivity contribution in [3.63, 3.8) is 0 Å². The van der Waals surface area contributed by atoms with Crippen LogP contribution in [0.3, 0.4) is 0 Å². The number of likely N-dealkylation sites (tertiary alicyclic amines) is 1. The van der Waals surface area contributed by atoms with Gasteiger partial charge in [-0.25, -0.2) is 9.48 Å². The van der Waals surface area contributed by atoms with Crippen LogP contribution >= 0.6 is 11.8 Å². The second kappa shape index (κ2) is 16.7. The molecule has 2 fully saturated rings. The molecule has 5 aromatic rings. The van der Waals surface area contributed by atoms with Crippen molar-refractivity contribution in [3.8, 4) is 11.1 Å². The molecule has 0 bridgehead atoms. The summed E-state index contributed by atoms with van der Waals surface area (Å²) in [6.07, 6.45) is -2.07. The Balaban J connectivity index is 1.05. The Kier molecular flexibility index (Phi) is 11.4. The Morgan fingerprint density at radius 2 is 1.65 bits per heavy atom. The number of thioether (sulfide) groups is 1. The topological polar surface area (TPSA) is 158 Å². The molecule has 7 rings (SSSR count). The molecule has 1 unspecified atom stereocenters. The van der Waals surface area contributed by atoms with Crippen molar-refractivity contribution in [3.05, 3.63) is 131 Å². The number of hydrogen-bond donors (Lipinski definition) is 2. The van der Waals surface area contributed by atoms with Gasteiger partial charge < -0.3 is 24.6 Å². The van der Waals surface area contributed by atoms with E-state index >= 15 is 0 Å². The number of tetrazole rings is 1. The van der Waals surface area contributed by atoms with Crippen molar-refractivity contribution in [2.45, 2.75) is 62.8 Å². The van der Waals surface area contributed by atoms with Crippen LogP contribution in [0.2, 0.25) is 0 Å². The van der Waals surface area contributed by atoms with E-state index in [4.69, 9.17) is 14.2 Å². The lowest BCUT2D eigenvalue weighted by atomic mass is 9.91. The van der Waals surface area contributed by atoms with E-state index in [1.54, 1.807) is 11.7 Å². The largest absolute Gasteiger partial charge is 0.445 e. The minimum Gasteiger partial charge on any atom is -0.445 e. The average Bonchev–Trinajstić information content (AvgIpc) is 3.73. The van der Waals surface area contributed by atoms with Crippen LogP contribution in [0.25, 0.3) is 11.1 Å². The smallest absolute Gasteiger partial charge is 0.408 e. The van der Waals surface area contributed by atoms with Gasteiger partial charge in [-0.2, -0.15) is 0 Å². The molecule has 1 aromatic heterocycles. The van der Waals surface area contributed by atoms with Crippen LogP contribution in [-0.4, -0.2) is 66.0 Å². The second-order valence-corrected chi connectivity index (χ2v) is 14.3. The number of amides is 3. The van der Waals surface area contributed by atoms with Gasteiger partial charge in [-0.1, -0.05) is 110 Å². The predicted octanol–water partition coefficient (Wildman–Crippen LogP) is 5.51. The summed E-state index contributed by atoms with van der Waals surface area (Å²) in [7, 11) is 1.80. The minimum absolute atomic E-state index is 0.0134. The lowest BCUT2D eigenvalue weighted by Gasteiger charge is -2.41. The van der Waals surface area contributed by atoms with Crippen LogP contribution in [-0.2, 0) is 50.6 Å². The number of carbonyl (C=O) groups is 3. The van der Waals surface area contributed by atoms with Gasteiger partial charge in [-0.15, -0.1) is 5.10 Å². The van der Waals surface area contributed by atoms with Crippen LogP contribution in [0.5, 0.6) is 0 Å². The molecular weight excluding hydrogens is 709 g/mol. The zero-order valence-electron chi connectivity index (χ0n) is 29.8. The van der Waals surface area contributed by atoms with Crippen LogP contribution in [0, 0.1) is 5.92 Å². The number of benzene rings is 4. The summed E-state index contributed by atoms with van der Waals surface area (Å²) in [5, 5.41) is 24.6. The number of ether oxygens (including phenoxy) is 3. The Hall–Kier alpha value is -5.41. The zero-order valence-corrected chi connectivity index (χ0v) is 30.6. The van der Waals surface area contributed by atoms with Crippen molar-refractivity contribution >= 4 is 29.7 Å². The van der Waals surface area contributed by atoms with Gasteiger partial charge >= 0.3 is 6.09 Å². The van der Waals surface area contributed by atoms with Gasteiger partial charge in [0, 0.05) is 24.3 Å². The molecule has 2 aliphatic rings. The summed E-state index contributed by atoms with van der Waals surface area (Å²) in [4.78, 5) is 39.8. The Morgan fingerprint density at radius 1 is 0.907 bits per heavy atom. The third kappa shape index (κ3) is 8.52. The Bertz CT molecular complexity index is 2100. The van der Waals surface area contributed by atoms with Gasteiger partial charge in [0.2, 0.25) is 11.1 Å². The van der Waals surface area contributed by atoms with Crippen molar-refractivity contribution in [1.29, 1.82) is 0 Å². The number of aliphatic hydroxyl groups excluding tert-OH is 1. The number of rotatable bonds is 12. The lowest BCUT2D eigenvalue weighted by Crippen LogP contribution is -2.41. The lowest BCUT2D eigenvalue weighted by molar-refractivity contribution is -0.268. The molecule has 0 saturated carbocycles. The number of alkyl carbamates (subject to hydrolysis) is 1. The maximum absolute atomic E-state index is 13.2. The summed E-state index contributed by atoms with van der Waals surface area (Å²) in [6.45, 7) is 2.18. The minimum atomic E-state index is -0.991. The molecule has 14 heteroatoms. The number of imide groups is 1. The van der Waals surface area contributed by atoms with Crippen molar-refractivity contribution < 1.29 is 33.7 Å². The first-order valence-corrected chi connectivity index (χ1v) is 18.6. The molecular formula is C40H40N6O7S. The summed E-state index contributed by atoms with van der Waals surface area (Å²) in [5.74, 6) is -0.263. The van der Waals surface area contributed by atoms with Gasteiger partial charge in [0.1, 0.15) is 12.6 Å². The molecule has 54 heavy (non-hydrogen) atoms. The van der Waals surface area contributed by atoms with Crippen molar-refractivity contribution in [2.24, 2.45) is 13.0 Å². The number of aliphatic hydroxyl groups is 1. The first kappa shape index (κ1) is 36.9. The van der Waals surface area contributed by atoms with Crippen LogP contribution < -0.4 is 5.32 Å². The zero-order chi connectivity index (χ0) is 37.6. The van der Waals surface area contributed by atoms with Crippen molar-refractivity contribution in [2.75, 3.05) is 5.75 Å². The summed E-state index contributed by atoms with van der Waals surface area (Å²) in [5.41, 5.74) is 5.99. The fourth-order valence-electron chi connectivity index (χ4n) is 6.58. The van der Waals surface area contributed by atoms with Gasteiger partial charge in [-0.3, -0.25) is 14.5 Å². The van der Waals surface area contributed by atoms with Crippen molar-refractivity contribution in [1.82, 2.24) is 30.4 Å². The fraction of sp³-hybridized carbons (Fsp3) is 0.300. The molecule has 5 atom stereocenters. The standard InChI is InChI=1S/C40H40N6O7S/c1-25-34(24-54-39-42-43-44-45(39)2)52-38(53-36(25)29-16-14-26(22-47)15-17-29)32-13-7-12-31(19-32)30-11-6-10-28(18-30)21-46-35(48)20-33(37(46)49)41-40(50)51-23-27-8-4-3-5-9-27/h3-19,25,33-34,36,38,47H,20-24H2,1-2H3,(H,41,50)/t25-,33?,34+,36+,38+/m0/s1. The molecule has 3 heterocycles. The van der Waals surface area contributed by atoms with Crippen LogP contribution in [0.4, 0.5) is 4.79 Å². The highest BCUT2D eigenvalue weighted by molar-refractivity contribution is 7.99. The molecule has 13 nitrogen and oxygen atoms in total. The molecule has 278 valence electrons. The van der Waals surface area contributed by atoms with E-state index in [0.29, 0.717) is 10.9 Å². The first-order chi connectivity index (χ1) is 26.2. The molecule has 2 saturated heterocycles. The maximum atomic E-state index is 13.2. The number of hydrogen-bond acceptors (Lipinski definition) is 11. The second-order valence-electron chi connectivity index (χ2n) is 13.3. The SMILES string of the molecule is C[C@H]1[C@@H](CSc2nnnn2C)O[C@@H](c2cccc(-c3cccc(CN4C(=O)CC(NC(=O)OCc5ccccc5)C4=O)c3)c2)O[C@H]1c1ccc(CO)cc1. The summed E-state index contributed by atoms with van der Waals surface area (Å²) in [6, 6.07) is 31.6. The number of nitrogens with one attached hydrogen (secondary N) is 1. The van der Waals surface area contributed by atoms with Gasteiger partial charge in [0.25, 0.3) is 5.91 Å². The maximum Gasteiger partial charge on any atom is 0.408 e. The number of carbonyl (C=O) groups excluding carboxylic acids is 3. The Morgan fingerprint density at radius 3 is 2.39 bits per heavy atom. The number of nitrogens with zero attached hydrogens (tertiary/aromatic N) is 5. The fourth-order valence-corrected chi connectivity index (χ4v) is 7.59. The molecule has 3 amide bonds. The van der Waals surface area contributed by atoms with E-state index in [1.165, 1.54) is 16.7 Å². The summed E-state index contributed by atoms with van der Waals surface area (Å²) < 4.78 is 20.2. The van der Waals surface area contributed by atoms with E-state index < -0.39 is 24.3 Å². The van der Waals surface area contributed by atoms with E-state index in [1.807, 2.05) is 103 Å². The highest BCUT2D eigenvalue weighted by atomic mass is 32.2. The third-order valence-corrected chi connectivity index (χ3v) is 10.7.